The molecule has 1 unspecified atom stereocenters. The van der Waals surface area contributed by atoms with Crippen LogP contribution in [0.2, 0.25) is 0 Å². The number of carbonyl (C=O) groups excluding carboxylic acids is 1. The van der Waals surface area contributed by atoms with E-state index < -0.39 is 0 Å². The number of nitrogens with zero attached hydrogens (tertiary/aromatic N) is 1. The number of hydrogen-bond donors (Lipinski definition) is 2. The van der Waals surface area contributed by atoms with Gasteiger partial charge in [-0.2, -0.15) is 0 Å². The monoisotopic (exact) mass is 379 g/mol. The normalized spacial score (nSPS) is 17.2. The van der Waals surface area contributed by atoms with E-state index in [4.69, 9.17) is 4.74 Å². The molecule has 2 aromatic carbocycles. The minimum atomic E-state index is -0.263. The van der Waals surface area contributed by atoms with E-state index in [1.165, 1.54) is 12.1 Å². The summed E-state index contributed by atoms with van der Waals surface area (Å²) in [6, 6.07) is 13.8. The molecule has 1 saturated heterocycles. The van der Waals surface area contributed by atoms with Crippen molar-refractivity contribution in [2.45, 2.75) is 6.04 Å². The maximum Gasteiger partial charge on any atom is 0.238 e. The van der Waals surface area contributed by atoms with E-state index in [0.717, 1.165) is 18.7 Å². The quantitative estimate of drug-likeness (QED) is 0.838. The number of rotatable bonds is 5. The van der Waals surface area contributed by atoms with Crippen molar-refractivity contribution >= 4 is 24.0 Å². The Morgan fingerprint density at radius 2 is 2.12 bits per heavy atom. The second-order valence-corrected chi connectivity index (χ2v) is 5.99. The van der Waals surface area contributed by atoms with E-state index in [0.29, 0.717) is 18.0 Å². The molecule has 1 amide bonds. The number of methoxy groups -OCH3 is 1. The van der Waals surface area contributed by atoms with Crippen LogP contribution in [0, 0.1) is 5.82 Å². The first-order valence-corrected chi connectivity index (χ1v) is 8.30. The van der Waals surface area contributed by atoms with Gasteiger partial charge in [-0.05, 0) is 29.8 Å². The Hall–Kier alpha value is -2.15. The summed E-state index contributed by atoms with van der Waals surface area (Å²) in [6.07, 6.45) is 0. The molecule has 1 heterocycles. The molecule has 2 aromatic rings. The highest BCUT2D eigenvalue weighted by molar-refractivity contribution is 5.93. The number of ether oxygens (including phenoxy) is 1. The Morgan fingerprint density at radius 1 is 1.31 bits per heavy atom. The van der Waals surface area contributed by atoms with E-state index in [2.05, 4.69) is 15.5 Å². The van der Waals surface area contributed by atoms with E-state index in [1.54, 1.807) is 25.3 Å². The average Bonchev–Trinajstić information content (AvgIpc) is 2.62. The molecule has 3 rings (SSSR count). The molecular weight excluding hydrogens is 357 g/mol. The first-order valence-electron chi connectivity index (χ1n) is 8.30. The summed E-state index contributed by atoms with van der Waals surface area (Å²) >= 11 is 0. The summed E-state index contributed by atoms with van der Waals surface area (Å²) in [6.45, 7) is 2.45. The number of amides is 1. The summed E-state index contributed by atoms with van der Waals surface area (Å²) in [4.78, 5) is 14.6. The summed E-state index contributed by atoms with van der Waals surface area (Å²) in [5.41, 5.74) is 1.52. The average molecular weight is 380 g/mol. The van der Waals surface area contributed by atoms with Gasteiger partial charge >= 0.3 is 0 Å². The molecule has 26 heavy (non-hydrogen) atoms. The number of para-hydroxylation sites is 2. The lowest BCUT2D eigenvalue weighted by molar-refractivity contribution is -0.118. The minimum Gasteiger partial charge on any atom is -0.495 e. The van der Waals surface area contributed by atoms with Crippen LogP contribution in [0.1, 0.15) is 11.6 Å². The molecule has 0 aromatic heterocycles. The third-order valence-corrected chi connectivity index (χ3v) is 4.32. The molecule has 1 aliphatic rings. The molecular formula is C19H23ClFN3O2. The smallest absolute Gasteiger partial charge is 0.238 e. The summed E-state index contributed by atoms with van der Waals surface area (Å²) < 4.78 is 18.8. The molecule has 0 aliphatic carbocycles. The van der Waals surface area contributed by atoms with Gasteiger partial charge in [0.05, 0.1) is 19.3 Å². The molecule has 2 N–H and O–H groups in total. The highest BCUT2D eigenvalue weighted by Crippen LogP contribution is 2.25. The minimum absolute atomic E-state index is 0. The number of piperazine rings is 1. The lowest BCUT2D eigenvalue weighted by Gasteiger charge is -2.36. The zero-order valence-corrected chi connectivity index (χ0v) is 15.4. The third-order valence-electron chi connectivity index (χ3n) is 4.32. The summed E-state index contributed by atoms with van der Waals surface area (Å²) in [7, 11) is 1.57. The van der Waals surface area contributed by atoms with Gasteiger partial charge in [-0.25, -0.2) is 4.39 Å². The molecule has 5 nitrogen and oxygen atoms in total. The SMILES string of the molecule is COc1ccccc1NC(=O)CN1CCNCC1c1cccc(F)c1.Cl. The van der Waals surface area contributed by atoms with Gasteiger partial charge in [-0.3, -0.25) is 9.69 Å². The number of benzene rings is 2. The molecule has 1 aliphatic heterocycles. The van der Waals surface area contributed by atoms with Crippen molar-refractivity contribution in [1.82, 2.24) is 10.2 Å². The summed E-state index contributed by atoms with van der Waals surface area (Å²) in [5.74, 6) is 0.243. The van der Waals surface area contributed by atoms with Gasteiger partial charge in [-0.1, -0.05) is 24.3 Å². The molecule has 0 saturated carbocycles. The zero-order valence-electron chi connectivity index (χ0n) is 14.6. The van der Waals surface area contributed by atoms with Crippen LogP contribution in [0.5, 0.6) is 5.75 Å². The summed E-state index contributed by atoms with van der Waals surface area (Å²) in [5, 5.41) is 6.20. The van der Waals surface area contributed by atoms with Crippen LogP contribution in [-0.2, 0) is 4.79 Å². The first kappa shape index (κ1) is 20.2. The van der Waals surface area contributed by atoms with Crippen molar-refractivity contribution in [2.75, 3.05) is 38.6 Å². The van der Waals surface area contributed by atoms with Crippen molar-refractivity contribution in [1.29, 1.82) is 0 Å². The van der Waals surface area contributed by atoms with E-state index in [1.807, 2.05) is 18.2 Å². The number of halogens is 2. The van der Waals surface area contributed by atoms with Gasteiger partial charge < -0.3 is 15.4 Å². The fraction of sp³-hybridized carbons (Fsp3) is 0.316. The van der Waals surface area contributed by atoms with Crippen LogP contribution < -0.4 is 15.4 Å². The number of carbonyl (C=O) groups is 1. The molecule has 7 heteroatoms. The van der Waals surface area contributed by atoms with Gasteiger partial charge in [0.2, 0.25) is 5.91 Å². The highest BCUT2D eigenvalue weighted by Gasteiger charge is 2.26. The highest BCUT2D eigenvalue weighted by atomic mass is 35.5. The van der Waals surface area contributed by atoms with Gasteiger partial charge in [0, 0.05) is 25.7 Å². The predicted octanol–water partition coefficient (Wildman–Crippen LogP) is 2.84. The molecule has 0 bridgehead atoms. The largest absolute Gasteiger partial charge is 0.495 e. The van der Waals surface area contributed by atoms with Crippen molar-refractivity contribution in [2.24, 2.45) is 0 Å². The molecule has 0 spiro atoms. The zero-order chi connectivity index (χ0) is 17.6. The van der Waals surface area contributed by atoms with Crippen LogP contribution in [0.4, 0.5) is 10.1 Å². The van der Waals surface area contributed by atoms with Crippen LogP contribution in [0.15, 0.2) is 48.5 Å². The topological polar surface area (TPSA) is 53.6 Å². The fourth-order valence-electron chi connectivity index (χ4n) is 3.10. The molecule has 1 atom stereocenters. The van der Waals surface area contributed by atoms with Crippen molar-refractivity contribution in [3.63, 3.8) is 0 Å². The Bertz CT molecular complexity index is 744. The van der Waals surface area contributed by atoms with Crippen LogP contribution in [0.25, 0.3) is 0 Å². The van der Waals surface area contributed by atoms with Crippen LogP contribution >= 0.6 is 12.4 Å². The lowest BCUT2D eigenvalue weighted by atomic mass is 10.0. The molecule has 140 valence electrons. The Kier molecular flexibility index (Phi) is 7.38. The second-order valence-electron chi connectivity index (χ2n) is 5.99. The second kappa shape index (κ2) is 9.52. The standard InChI is InChI=1S/C19H22FN3O2.ClH/c1-25-18-8-3-2-7-16(18)22-19(24)13-23-10-9-21-12-17(23)14-5-4-6-15(20)11-14;/h2-8,11,17,21H,9-10,12-13H2,1H3,(H,22,24);1H. The van der Waals surface area contributed by atoms with Crippen LogP contribution in [0.3, 0.4) is 0 Å². The predicted molar refractivity (Wildman–Crippen MR) is 102 cm³/mol. The van der Waals surface area contributed by atoms with E-state index in [9.17, 15) is 9.18 Å². The number of anilines is 1. The Balaban J connectivity index is 0.00000243. The van der Waals surface area contributed by atoms with Gasteiger partial charge in [0.1, 0.15) is 11.6 Å². The van der Waals surface area contributed by atoms with Gasteiger partial charge in [-0.15, -0.1) is 12.4 Å². The Morgan fingerprint density at radius 3 is 2.88 bits per heavy atom. The molecule has 0 radical (unpaired) electrons. The Labute approximate surface area is 158 Å². The van der Waals surface area contributed by atoms with Crippen molar-refractivity contribution in [3.05, 3.63) is 59.9 Å². The third kappa shape index (κ3) is 4.94. The van der Waals surface area contributed by atoms with Gasteiger partial charge in [0.25, 0.3) is 0 Å². The van der Waals surface area contributed by atoms with E-state index in [-0.39, 0.29) is 36.7 Å². The first-order chi connectivity index (χ1) is 12.2. The maximum atomic E-state index is 13.6. The lowest BCUT2D eigenvalue weighted by Crippen LogP contribution is -2.48. The van der Waals surface area contributed by atoms with Crippen LogP contribution in [-0.4, -0.2) is 44.1 Å². The number of hydrogen-bond acceptors (Lipinski definition) is 4. The van der Waals surface area contributed by atoms with Gasteiger partial charge in [0.15, 0.2) is 0 Å². The van der Waals surface area contributed by atoms with Crippen molar-refractivity contribution < 1.29 is 13.9 Å². The van der Waals surface area contributed by atoms with Crippen molar-refractivity contribution in [3.8, 4) is 5.75 Å². The van der Waals surface area contributed by atoms with E-state index >= 15 is 0 Å². The molecule has 1 fully saturated rings. The fourth-order valence-corrected chi connectivity index (χ4v) is 3.10. The maximum absolute atomic E-state index is 13.6. The number of nitrogens with one attached hydrogen (secondary N) is 2.